The zero-order chi connectivity index (χ0) is 28.0. The van der Waals surface area contributed by atoms with E-state index in [9.17, 15) is 19.5 Å². The molecule has 8 atom stereocenters. The van der Waals surface area contributed by atoms with Crippen molar-refractivity contribution < 1.29 is 38.8 Å². The van der Waals surface area contributed by atoms with Crippen molar-refractivity contribution >= 4 is 17.8 Å². The molecule has 0 aromatic carbocycles. The average Bonchev–Trinajstić information content (AvgIpc) is 3.59. The number of aliphatic hydroxyl groups is 1. The predicted octanol–water partition coefficient (Wildman–Crippen LogP) is 3.46. The smallest absolute Gasteiger partial charge is 0.305 e. The molecule has 212 valence electrons. The van der Waals surface area contributed by atoms with E-state index in [0.717, 1.165) is 24.8 Å². The molecule has 0 unspecified atom stereocenters. The Hall–Kier alpha value is -2.49. The minimum Gasteiger partial charge on any atom is -0.481 e. The SMILES string of the molecule is CC(=O)O[C@@H](C)/C=C\C(=O)N[C@@H]1C[C@H](C)[C@H](C/C=C(C)/C=C/[C@H]2O[C@H](CC(=O)O)CC3(CC3)[C@@H]2O)O[C@@H]1C. The molecule has 3 fully saturated rings. The van der Waals surface area contributed by atoms with E-state index in [1.54, 1.807) is 13.0 Å². The van der Waals surface area contributed by atoms with Crippen LogP contribution < -0.4 is 5.32 Å². The Balaban J connectivity index is 1.49. The first-order valence-corrected chi connectivity index (χ1v) is 13.6. The van der Waals surface area contributed by atoms with Gasteiger partial charge in [0.15, 0.2) is 0 Å². The lowest BCUT2D eigenvalue weighted by molar-refractivity contribution is -0.156. The van der Waals surface area contributed by atoms with E-state index in [1.807, 2.05) is 26.0 Å². The maximum Gasteiger partial charge on any atom is 0.305 e. The first-order valence-electron chi connectivity index (χ1n) is 13.6. The number of aliphatic hydroxyl groups excluding tert-OH is 1. The maximum atomic E-state index is 12.3. The van der Waals surface area contributed by atoms with E-state index >= 15 is 0 Å². The molecule has 1 aliphatic carbocycles. The molecule has 3 rings (SSSR count). The summed E-state index contributed by atoms with van der Waals surface area (Å²) >= 11 is 0. The minimum absolute atomic E-state index is 0.00670. The third-order valence-corrected chi connectivity index (χ3v) is 7.85. The molecular weight excluding hydrogens is 490 g/mol. The Bertz CT molecular complexity index is 952. The van der Waals surface area contributed by atoms with Crippen LogP contribution >= 0.6 is 0 Å². The Morgan fingerprint density at radius 3 is 2.50 bits per heavy atom. The van der Waals surface area contributed by atoms with Crippen molar-refractivity contribution in [2.45, 2.75) is 116 Å². The Morgan fingerprint density at radius 2 is 1.87 bits per heavy atom. The number of rotatable bonds is 10. The van der Waals surface area contributed by atoms with Gasteiger partial charge in [-0.3, -0.25) is 14.4 Å². The molecule has 1 saturated carbocycles. The average molecular weight is 534 g/mol. The summed E-state index contributed by atoms with van der Waals surface area (Å²) < 4.78 is 17.2. The van der Waals surface area contributed by atoms with Crippen LogP contribution in [-0.2, 0) is 28.6 Å². The Morgan fingerprint density at radius 1 is 1.16 bits per heavy atom. The molecule has 0 bridgehead atoms. The van der Waals surface area contributed by atoms with Crippen molar-refractivity contribution in [1.82, 2.24) is 5.32 Å². The summed E-state index contributed by atoms with van der Waals surface area (Å²) in [6.07, 6.45) is 10.5. The highest BCUT2D eigenvalue weighted by Crippen LogP contribution is 2.56. The first-order chi connectivity index (χ1) is 17.9. The van der Waals surface area contributed by atoms with Crippen LogP contribution in [0.3, 0.4) is 0 Å². The van der Waals surface area contributed by atoms with Crippen LogP contribution in [0.5, 0.6) is 0 Å². The molecule has 2 aliphatic heterocycles. The zero-order valence-corrected chi connectivity index (χ0v) is 23.1. The van der Waals surface area contributed by atoms with Crippen LogP contribution in [0.1, 0.15) is 73.1 Å². The van der Waals surface area contributed by atoms with Gasteiger partial charge in [-0.05, 0) is 64.9 Å². The van der Waals surface area contributed by atoms with E-state index in [0.29, 0.717) is 12.8 Å². The van der Waals surface area contributed by atoms with Crippen LogP contribution in [0.25, 0.3) is 0 Å². The molecule has 0 radical (unpaired) electrons. The van der Waals surface area contributed by atoms with Gasteiger partial charge in [-0.15, -0.1) is 0 Å². The highest BCUT2D eigenvalue weighted by Gasteiger charge is 2.56. The van der Waals surface area contributed by atoms with Gasteiger partial charge in [0, 0.05) is 18.4 Å². The second-order valence-electron chi connectivity index (χ2n) is 11.3. The fourth-order valence-electron chi connectivity index (χ4n) is 5.48. The second-order valence-corrected chi connectivity index (χ2v) is 11.3. The van der Waals surface area contributed by atoms with Crippen molar-refractivity contribution in [3.8, 4) is 0 Å². The zero-order valence-electron chi connectivity index (χ0n) is 23.1. The fraction of sp³-hybridized carbons (Fsp3) is 0.690. The van der Waals surface area contributed by atoms with Gasteiger partial charge in [-0.2, -0.15) is 0 Å². The molecule has 2 saturated heterocycles. The van der Waals surface area contributed by atoms with Crippen molar-refractivity contribution in [3.05, 3.63) is 36.0 Å². The number of allylic oxidation sites excluding steroid dienone is 2. The number of hydrogen-bond acceptors (Lipinski definition) is 7. The molecule has 0 aromatic rings. The fourth-order valence-corrected chi connectivity index (χ4v) is 5.48. The number of amides is 1. The van der Waals surface area contributed by atoms with Crippen LogP contribution in [0.2, 0.25) is 0 Å². The highest BCUT2D eigenvalue weighted by molar-refractivity contribution is 5.87. The van der Waals surface area contributed by atoms with Crippen LogP contribution in [-0.4, -0.2) is 70.7 Å². The highest BCUT2D eigenvalue weighted by atomic mass is 16.5. The summed E-state index contributed by atoms with van der Waals surface area (Å²) in [6, 6.07) is -0.120. The number of nitrogens with one attached hydrogen (secondary N) is 1. The summed E-state index contributed by atoms with van der Waals surface area (Å²) in [4.78, 5) is 34.5. The summed E-state index contributed by atoms with van der Waals surface area (Å²) in [5, 5.41) is 22.9. The van der Waals surface area contributed by atoms with Crippen molar-refractivity contribution in [2.24, 2.45) is 11.3 Å². The van der Waals surface area contributed by atoms with E-state index in [-0.39, 0.29) is 48.0 Å². The van der Waals surface area contributed by atoms with Crippen molar-refractivity contribution in [3.63, 3.8) is 0 Å². The monoisotopic (exact) mass is 533 g/mol. The van der Waals surface area contributed by atoms with Crippen LogP contribution in [0.4, 0.5) is 0 Å². The quantitative estimate of drug-likeness (QED) is 0.221. The topological polar surface area (TPSA) is 131 Å². The van der Waals surface area contributed by atoms with E-state index in [2.05, 4.69) is 18.3 Å². The molecule has 9 heteroatoms. The summed E-state index contributed by atoms with van der Waals surface area (Å²) in [7, 11) is 0. The molecule has 3 aliphatic rings. The van der Waals surface area contributed by atoms with Gasteiger partial charge in [0.2, 0.25) is 5.91 Å². The molecular formula is C29H43NO8. The van der Waals surface area contributed by atoms with Crippen LogP contribution in [0.15, 0.2) is 36.0 Å². The number of carbonyl (C=O) groups excluding carboxylic acids is 2. The number of carboxylic acid groups (broad SMARTS) is 1. The molecule has 1 amide bonds. The van der Waals surface area contributed by atoms with Gasteiger partial charge < -0.3 is 29.7 Å². The second kappa shape index (κ2) is 13.0. The Kier molecular flexibility index (Phi) is 10.3. The number of carboxylic acids is 1. The van der Waals surface area contributed by atoms with Crippen molar-refractivity contribution in [2.75, 3.05) is 0 Å². The number of ether oxygens (including phenoxy) is 3. The van der Waals surface area contributed by atoms with Gasteiger partial charge in [0.25, 0.3) is 0 Å². The van der Waals surface area contributed by atoms with Gasteiger partial charge in [0.05, 0.1) is 36.9 Å². The maximum absolute atomic E-state index is 12.3. The minimum atomic E-state index is -0.885. The van der Waals surface area contributed by atoms with E-state index < -0.39 is 30.3 Å². The number of aliphatic carboxylic acids is 1. The molecule has 2 heterocycles. The van der Waals surface area contributed by atoms with Gasteiger partial charge in [-0.25, -0.2) is 0 Å². The molecule has 0 aromatic heterocycles. The predicted molar refractivity (Wildman–Crippen MR) is 141 cm³/mol. The molecule has 9 nitrogen and oxygen atoms in total. The van der Waals surface area contributed by atoms with Gasteiger partial charge in [-0.1, -0.05) is 30.7 Å². The molecule has 1 spiro atoms. The lowest BCUT2D eigenvalue weighted by atomic mass is 9.84. The Labute approximate surface area is 225 Å². The summed E-state index contributed by atoms with van der Waals surface area (Å²) in [5.41, 5.74) is 0.811. The van der Waals surface area contributed by atoms with Crippen LogP contribution in [0, 0.1) is 11.3 Å². The molecule has 38 heavy (non-hydrogen) atoms. The summed E-state index contributed by atoms with van der Waals surface area (Å²) in [5.74, 6) is -1.30. The summed E-state index contributed by atoms with van der Waals surface area (Å²) in [6.45, 7) is 9.06. The van der Waals surface area contributed by atoms with E-state index in [1.165, 1.54) is 13.0 Å². The van der Waals surface area contributed by atoms with E-state index in [4.69, 9.17) is 19.3 Å². The number of hydrogen-bond donors (Lipinski definition) is 3. The van der Waals surface area contributed by atoms with Gasteiger partial charge in [0.1, 0.15) is 12.2 Å². The van der Waals surface area contributed by atoms with Crippen molar-refractivity contribution in [1.29, 1.82) is 0 Å². The molecule has 3 N–H and O–H groups in total. The standard InChI is InChI=1S/C29H43NO8/c1-17(7-10-25-28(35)29(12-13-29)16-22(38-25)15-27(33)34)6-9-24-18(2)14-23(20(4)37-24)30-26(32)11-8-19(3)36-21(5)31/h6-8,10-11,18-20,22-25,28,35H,9,12-16H2,1-5H3,(H,30,32)(H,33,34)/b10-7+,11-8-,17-6+/t18-,19-,20+,22+,23+,24-,25+,28+/m0/s1. The third kappa shape index (κ3) is 8.51. The normalized spacial score (nSPS) is 33.8. The van der Waals surface area contributed by atoms with Gasteiger partial charge >= 0.3 is 11.9 Å². The largest absolute Gasteiger partial charge is 0.481 e. The third-order valence-electron chi connectivity index (χ3n) is 7.85. The number of carbonyl (C=O) groups is 3. The lowest BCUT2D eigenvalue weighted by Gasteiger charge is -2.39. The number of esters is 1. The lowest BCUT2D eigenvalue weighted by Crippen LogP contribution is -2.50. The first kappa shape index (κ1) is 30.1.